The molecule has 1 amide bonds. The van der Waals surface area contributed by atoms with E-state index in [9.17, 15) is 13.2 Å². The molecule has 0 bridgehead atoms. The zero-order valence-corrected chi connectivity index (χ0v) is 24.0. The maximum Gasteiger partial charge on any atom is 0.248 e. The standard InChI is InChI=1S/C27H45N3O6S/c1-21-18-25(34-5)19-22(2)27(21)37(32,33)28(3)12-15-36-20-26(31)29(4)24-8-6-23(7-9-24)10-11-30-13-16-35-17-14-30/h18-19,23-24H,6-17,20H2,1-5H3. The van der Waals surface area contributed by atoms with E-state index >= 15 is 0 Å². The highest BCUT2D eigenvalue weighted by atomic mass is 32.2. The predicted octanol–water partition coefficient (Wildman–Crippen LogP) is 2.69. The normalized spacial score (nSPS) is 21.2. The van der Waals surface area contributed by atoms with Gasteiger partial charge in [0.05, 0.1) is 31.8 Å². The van der Waals surface area contributed by atoms with Gasteiger partial charge in [0.15, 0.2) is 0 Å². The molecule has 1 aromatic rings. The summed E-state index contributed by atoms with van der Waals surface area (Å²) in [5.41, 5.74) is 1.27. The first-order valence-corrected chi connectivity index (χ1v) is 14.8. The highest BCUT2D eigenvalue weighted by molar-refractivity contribution is 7.89. The van der Waals surface area contributed by atoms with Crippen LogP contribution in [0.1, 0.15) is 43.2 Å². The molecule has 10 heteroatoms. The molecular formula is C27H45N3O6S. The summed E-state index contributed by atoms with van der Waals surface area (Å²) >= 11 is 0. The van der Waals surface area contributed by atoms with Crippen molar-refractivity contribution in [3.63, 3.8) is 0 Å². The first-order chi connectivity index (χ1) is 17.6. The van der Waals surface area contributed by atoms with E-state index in [1.54, 1.807) is 33.1 Å². The lowest BCUT2D eigenvalue weighted by atomic mass is 9.83. The fourth-order valence-electron chi connectivity index (χ4n) is 5.38. The molecule has 210 valence electrons. The minimum Gasteiger partial charge on any atom is -0.497 e. The number of benzene rings is 1. The largest absolute Gasteiger partial charge is 0.497 e. The summed E-state index contributed by atoms with van der Waals surface area (Å²) in [5.74, 6) is 1.31. The lowest BCUT2D eigenvalue weighted by molar-refractivity contribution is -0.137. The van der Waals surface area contributed by atoms with Crippen LogP contribution >= 0.6 is 0 Å². The van der Waals surface area contributed by atoms with Gasteiger partial charge in [0, 0.05) is 39.8 Å². The van der Waals surface area contributed by atoms with Gasteiger partial charge in [0.25, 0.3) is 0 Å². The van der Waals surface area contributed by atoms with E-state index in [2.05, 4.69) is 4.90 Å². The Morgan fingerprint density at radius 1 is 1.08 bits per heavy atom. The highest BCUT2D eigenvalue weighted by Crippen LogP contribution is 2.30. The summed E-state index contributed by atoms with van der Waals surface area (Å²) in [5, 5.41) is 0. The molecule has 37 heavy (non-hydrogen) atoms. The quantitative estimate of drug-likeness (QED) is 0.378. The second-order valence-electron chi connectivity index (χ2n) is 10.4. The number of sulfonamides is 1. The molecule has 1 saturated carbocycles. The number of carbonyl (C=O) groups excluding carboxylic acids is 1. The molecule has 0 spiro atoms. The molecular weight excluding hydrogens is 494 g/mol. The molecule has 0 atom stereocenters. The Hall–Kier alpha value is -1.72. The molecule has 0 N–H and O–H groups in total. The molecule has 1 saturated heterocycles. The van der Waals surface area contributed by atoms with Crippen molar-refractivity contribution < 1.29 is 27.4 Å². The number of aryl methyl sites for hydroxylation is 2. The van der Waals surface area contributed by atoms with E-state index < -0.39 is 10.0 Å². The van der Waals surface area contributed by atoms with Crippen LogP contribution in [0, 0.1) is 19.8 Å². The minimum atomic E-state index is -3.68. The maximum atomic E-state index is 13.1. The average molecular weight is 540 g/mol. The van der Waals surface area contributed by atoms with Crippen molar-refractivity contribution in [2.75, 3.05) is 73.8 Å². The lowest BCUT2D eigenvalue weighted by Crippen LogP contribution is -2.42. The Bertz CT molecular complexity index is 965. The summed E-state index contributed by atoms with van der Waals surface area (Å²) in [4.78, 5) is 17.3. The number of hydrogen-bond acceptors (Lipinski definition) is 7. The van der Waals surface area contributed by atoms with E-state index in [1.807, 2.05) is 11.9 Å². The molecule has 2 fully saturated rings. The summed E-state index contributed by atoms with van der Waals surface area (Å²) in [6.07, 6.45) is 5.58. The smallest absolute Gasteiger partial charge is 0.248 e. The Labute approximate surface area is 223 Å². The van der Waals surface area contributed by atoms with Crippen LogP contribution in [-0.4, -0.2) is 108 Å². The third kappa shape index (κ3) is 8.13. The molecule has 9 nitrogen and oxygen atoms in total. The molecule has 3 rings (SSSR count). The van der Waals surface area contributed by atoms with Crippen LogP contribution < -0.4 is 4.74 Å². The average Bonchev–Trinajstić information content (AvgIpc) is 2.89. The fraction of sp³-hybridized carbons (Fsp3) is 0.741. The van der Waals surface area contributed by atoms with Gasteiger partial charge in [-0.15, -0.1) is 0 Å². The number of carbonyl (C=O) groups is 1. The van der Waals surface area contributed by atoms with Gasteiger partial charge in [-0.2, -0.15) is 4.31 Å². The number of amides is 1. The first-order valence-electron chi connectivity index (χ1n) is 13.4. The molecule has 0 radical (unpaired) electrons. The first kappa shape index (κ1) is 29.8. The summed E-state index contributed by atoms with van der Waals surface area (Å²) in [7, 11) is 1.27. The molecule has 1 aliphatic heterocycles. The van der Waals surface area contributed by atoms with E-state index in [-0.39, 0.29) is 36.6 Å². The van der Waals surface area contributed by atoms with Gasteiger partial charge in [-0.25, -0.2) is 8.42 Å². The van der Waals surface area contributed by atoms with Gasteiger partial charge in [-0.3, -0.25) is 9.69 Å². The molecule has 1 aromatic carbocycles. The Morgan fingerprint density at radius 2 is 1.70 bits per heavy atom. The Kier molecular flexibility index (Phi) is 11.2. The number of hydrogen-bond donors (Lipinski definition) is 0. The zero-order chi connectivity index (χ0) is 27.0. The summed E-state index contributed by atoms with van der Waals surface area (Å²) in [6.45, 7) is 8.70. The second-order valence-corrected chi connectivity index (χ2v) is 12.4. The molecule has 2 aliphatic rings. The lowest BCUT2D eigenvalue weighted by Gasteiger charge is -2.36. The predicted molar refractivity (Wildman–Crippen MR) is 143 cm³/mol. The van der Waals surface area contributed by atoms with Crippen molar-refractivity contribution >= 4 is 15.9 Å². The van der Waals surface area contributed by atoms with Gasteiger partial charge in [-0.1, -0.05) is 0 Å². The van der Waals surface area contributed by atoms with E-state index in [0.29, 0.717) is 16.9 Å². The van der Waals surface area contributed by atoms with Crippen LogP contribution in [0.5, 0.6) is 5.75 Å². The van der Waals surface area contributed by atoms with Gasteiger partial charge >= 0.3 is 0 Å². The third-order valence-corrected chi connectivity index (χ3v) is 9.99. The molecule has 0 unspecified atom stereocenters. The Balaban J connectivity index is 1.37. The van der Waals surface area contributed by atoms with Crippen LogP contribution in [0.2, 0.25) is 0 Å². The minimum absolute atomic E-state index is 0.0397. The van der Waals surface area contributed by atoms with Crippen LogP contribution in [0.4, 0.5) is 0 Å². The van der Waals surface area contributed by atoms with Crippen LogP contribution in [0.3, 0.4) is 0 Å². The van der Waals surface area contributed by atoms with Crippen molar-refractivity contribution in [2.24, 2.45) is 5.92 Å². The summed E-state index contributed by atoms with van der Waals surface area (Å²) < 4.78 is 43.8. The van der Waals surface area contributed by atoms with Crippen molar-refractivity contribution in [1.29, 1.82) is 0 Å². The molecule has 0 aromatic heterocycles. The number of methoxy groups -OCH3 is 1. The van der Waals surface area contributed by atoms with Crippen LogP contribution in [0.25, 0.3) is 0 Å². The van der Waals surface area contributed by atoms with Crippen LogP contribution in [-0.2, 0) is 24.3 Å². The second kappa shape index (κ2) is 13.9. The number of likely N-dealkylation sites (N-methyl/N-ethyl adjacent to an activating group) is 2. The van der Waals surface area contributed by atoms with Gasteiger partial charge in [-0.05, 0) is 81.7 Å². The Morgan fingerprint density at radius 3 is 2.30 bits per heavy atom. The van der Waals surface area contributed by atoms with Gasteiger partial charge < -0.3 is 19.1 Å². The van der Waals surface area contributed by atoms with Gasteiger partial charge in [0.1, 0.15) is 12.4 Å². The van der Waals surface area contributed by atoms with E-state index in [4.69, 9.17) is 14.2 Å². The van der Waals surface area contributed by atoms with Crippen molar-refractivity contribution in [3.05, 3.63) is 23.3 Å². The van der Waals surface area contributed by atoms with Crippen LogP contribution in [0.15, 0.2) is 17.0 Å². The highest BCUT2D eigenvalue weighted by Gasteiger charge is 2.28. The number of ether oxygens (including phenoxy) is 3. The van der Waals surface area contributed by atoms with E-state index in [1.165, 1.54) is 17.8 Å². The number of nitrogens with zero attached hydrogens (tertiary/aromatic N) is 3. The fourth-order valence-corrected chi connectivity index (χ4v) is 6.94. The number of rotatable bonds is 12. The topological polar surface area (TPSA) is 88.6 Å². The van der Waals surface area contributed by atoms with Gasteiger partial charge in [0.2, 0.25) is 15.9 Å². The molecule has 1 aliphatic carbocycles. The van der Waals surface area contributed by atoms with Crippen molar-refractivity contribution in [3.8, 4) is 5.75 Å². The summed E-state index contributed by atoms with van der Waals surface area (Å²) in [6, 6.07) is 3.69. The maximum absolute atomic E-state index is 13.1. The SMILES string of the molecule is COc1cc(C)c(S(=O)(=O)N(C)CCOCC(=O)N(C)C2CCC(CCN3CCOCC3)CC2)c(C)c1. The van der Waals surface area contributed by atoms with E-state index in [0.717, 1.165) is 64.4 Å². The number of morpholine rings is 1. The van der Waals surface area contributed by atoms with Crippen molar-refractivity contribution in [2.45, 2.75) is 56.9 Å². The molecule has 1 heterocycles. The third-order valence-electron chi connectivity index (χ3n) is 7.83. The van der Waals surface area contributed by atoms with Crippen molar-refractivity contribution in [1.82, 2.24) is 14.1 Å². The zero-order valence-electron chi connectivity index (χ0n) is 23.2. The monoisotopic (exact) mass is 539 g/mol.